The lowest BCUT2D eigenvalue weighted by Gasteiger charge is -1.94. The van der Waals surface area contributed by atoms with E-state index >= 15 is 0 Å². The number of ether oxygens (including phenoxy) is 1. The molecule has 0 saturated carbocycles. The SMILES string of the molecule is COCCSCC=CCCl. The second-order valence-corrected chi connectivity index (χ2v) is 3.15. The summed E-state index contributed by atoms with van der Waals surface area (Å²) in [4.78, 5) is 0. The van der Waals surface area contributed by atoms with Crippen molar-refractivity contribution >= 4 is 23.4 Å². The van der Waals surface area contributed by atoms with E-state index in [0.29, 0.717) is 5.88 Å². The molecule has 0 aromatic heterocycles. The molecule has 0 aliphatic carbocycles. The molecular formula is C7H13ClOS. The summed E-state index contributed by atoms with van der Waals surface area (Å²) in [5, 5.41) is 0. The summed E-state index contributed by atoms with van der Waals surface area (Å²) in [5.74, 6) is 2.71. The van der Waals surface area contributed by atoms with Crippen molar-refractivity contribution in [3.8, 4) is 0 Å². The van der Waals surface area contributed by atoms with E-state index in [2.05, 4.69) is 6.08 Å². The van der Waals surface area contributed by atoms with E-state index in [9.17, 15) is 0 Å². The first-order valence-corrected chi connectivity index (χ1v) is 4.88. The van der Waals surface area contributed by atoms with Crippen LogP contribution >= 0.6 is 23.4 Å². The smallest absolute Gasteiger partial charge is 0.0553 e. The van der Waals surface area contributed by atoms with Crippen molar-refractivity contribution < 1.29 is 4.74 Å². The van der Waals surface area contributed by atoms with Crippen LogP contribution in [-0.4, -0.2) is 31.1 Å². The van der Waals surface area contributed by atoms with E-state index in [0.717, 1.165) is 18.1 Å². The first kappa shape index (κ1) is 10.3. The van der Waals surface area contributed by atoms with Crippen molar-refractivity contribution in [3.05, 3.63) is 12.2 Å². The van der Waals surface area contributed by atoms with Crippen LogP contribution in [0.25, 0.3) is 0 Å². The maximum Gasteiger partial charge on any atom is 0.0553 e. The van der Waals surface area contributed by atoms with Crippen molar-refractivity contribution in [1.82, 2.24) is 0 Å². The van der Waals surface area contributed by atoms with Gasteiger partial charge in [-0.05, 0) is 0 Å². The van der Waals surface area contributed by atoms with Crippen LogP contribution in [0, 0.1) is 0 Å². The molecule has 0 aromatic carbocycles. The van der Waals surface area contributed by atoms with Gasteiger partial charge < -0.3 is 4.74 Å². The standard InChI is InChI=1S/C7H13ClOS/c1-9-5-7-10-6-3-2-4-8/h2-3H,4-7H2,1H3. The fraction of sp³-hybridized carbons (Fsp3) is 0.714. The normalized spacial score (nSPS) is 11.0. The topological polar surface area (TPSA) is 9.23 Å². The molecule has 0 amide bonds. The van der Waals surface area contributed by atoms with Gasteiger partial charge in [0.2, 0.25) is 0 Å². The van der Waals surface area contributed by atoms with Crippen molar-refractivity contribution in [1.29, 1.82) is 0 Å². The number of alkyl halides is 1. The molecular weight excluding hydrogens is 168 g/mol. The average Bonchev–Trinajstić information content (AvgIpc) is 1.97. The molecule has 0 saturated heterocycles. The summed E-state index contributed by atoms with van der Waals surface area (Å²) in [6.45, 7) is 0.833. The number of allylic oxidation sites excluding steroid dienone is 1. The molecule has 0 heterocycles. The highest BCUT2D eigenvalue weighted by molar-refractivity contribution is 7.99. The summed E-state index contributed by atoms with van der Waals surface area (Å²) >= 11 is 7.27. The third-order valence-corrected chi connectivity index (χ3v) is 1.96. The molecule has 0 aliphatic rings. The van der Waals surface area contributed by atoms with Gasteiger partial charge >= 0.3 is 0 Å². The van der Waals surface area contributed by atoms with Gasteiger partial charge in [0.25, 0.3) is 0 Å². The second kappa shape index (κ2) is 9.34. The van der Waals surface area contributed by atoms with Crippen LogP contribution in [0.15, 0.2) is 12.2 Å². The quantitative estimate of drug-likeness (QED) is 0.352. The van der Waals surface area contributed by atoms with E-state index in [4.69, 9.17) is 16.3 Å². The Morgan fingerprint density at radius 2 is 2.30 bits per heavy atom. The van der Waals surface area contributed by atoms with Crippen LogP contribution in [0.3, 0.4) is 0 Å². The van der Waals surface area contributed by atoms with Gasteiger partial charge in [0.15, 0.2) is 0 Å². The molecule has 0 bridgehead atoms. The molecule has 1 nitrogen and oxygen atoms in total. The Balaban J connectivity index is 2.83. The highest BCUT2D eigenvalue weighted by atomic mass is 35.5. The largest absolute Gasteiger partial charge is 0.384 e. The molecule has 0 spiro atoms. The summed E-state index contributed by atoms with van der Waals surface area (Å²) < 4.78 is 4.88. The van der Waals surface area contributed by atoms with Gasteiger partial charge in [0.05, 0.1) is 6.61 Å². The van der Waals surface area contributed by atoms with E-state index in [-0.39, 0.29) is 0 Å². The minimum Gasteiger partial charge on any atom is -0.384 e. The lowest BCUT2D eigenvalue weighted by atomic mass is 10.6. The molecule has 0 unspecified atom stereocenters. The summed E-state index contributed by atoms with van der Waals surface area (Å²) in [6.07, 6.45) is 4.04. The molecule has 0 fully saturated rings. The van der Waals surface area contributed by atoms with E-state index in [1.807, 2.05) is 17.8 Å². The first-order valence-electron chi connectivity index (χ1n) is 3.19. The van der Waals surface area contributed by atoms with Crippen LogP contribution in [0.5, 0.6) is 0 Å². The number of methoxy groups -OCH3 is 1. The van der Waals surface area contributed by atoms with Crippen molar-refractivity contribution in [2.75, 3.05) is 31.1 Å². The van der Waals surface area contributed by atoms with Gasteiger partial charge in [-0.2, -0.15) is 11.8 Å². The minimum absolute atomic E-state index is 0.616. The van der Waals surface area contributed by atoms with Crippen LogP contribution in [0.4, 0.5) is 0 Å². The van der Waals surface area contributed by atoms with E-state index < -0.39 is 0 Å². The van der Waals surface area contributed by atoms with Crippen LogP contribution in [-0.2, 0) is 4.74 Å². The number of thioether (sulfide) groups is 1. The Hall–Kier alpha value is 0.340. The highest BCUT2D eigenvalue weighted by Gasteiger charge is 1.82. The second-order valence-electron chi connectivity index (χ2n) is 1.69. The molecule has 60 valence electrons. The summed E-state index contributed by atoms with van der Waals surface area (Å²) in [7, 11) is 1.72. The predicted molar refractivity (Wildman–Crippen MR) is 49.1 cm³/mol. The Labute approximate surface area is 71.8 Å². The van der Waals surface area contributed by atoms with Gasteiger partial charge in [-0.3, -0.25) is 0 Å². The zero-order chi connectivity index (χ0) is 7.66. The number of hydrogen-bond acceptors (Lipinski definition) is 2. The molecule has 0 aliphatic heterocycles. The Bertz CT molecular complexity index is 85.7. The number of hydrogen-bond donors (Lipinski definition) is 0. The highest BCUT2D eigenvalue weighted by Crippen LogP contribution is 1.99. The molecule has 0 atom stereocenters. The van der Waals surface area contributed by atoms with Gasteiger partial charge in [-0.15, -0.1) is 11.6 Å². The van der Waals surface area contributed by atoms with Crippen LogP contribution < -0.4 is 0 Å². The van der Waals surface area contributed by atoms with Crippen LogP contribution in [0.2, 0.25) is 0 Å². The van der Waals surface area contributed by atoms with Crippen LogP contribution in [0.1, 0.15) is 0 Å². The molecule has 0 rings (SSSR count). The van der Waals surface area contributed by atoms with Gasteiger partial charge in [-0.1, -0.05) is 12.2 Å². The number of halogens is 1. The van der Waals surface area contributed by atoms with Crippen molar-refractivity contribution in [2.45, 2.75) is 0 Å². The Morgan fingerprint density at radius 1 is 1.50 bits per heavy atom. The minimum atomic E-state index is 0.616. The zero-order valence-electron chi connectivity index (χ0n) is 6.18. The van der Waals surface area contributed by atoms with Gasteiger partial charge in [0, 0.05) is 24.5 Å². The first-order chi connectivity index (χ1) is 4.91. The Morgan fingerprint density at radius 3 is 2.90 bits per heavy atom. The lowest BCUT2D eigenvalue weighted by Crippen LogP contribution is -1.91. The average molecular weight is 181 g/mol. The molecule has 0 N–H and O–H groups in total. The number of rotatable bonds is 6. The zero-order valence-corrected chi connectivity index (χ0v) is 7.75. The van der Waals surface area contributed by atoms with Gasteiger partial charge in [-0.25, -0.2) is 0 Å². The predicted octanol–water partition coefficient (Wildman–Crippen LogP) is 2.16. The molecule has 0 aromatic rings. The van der Waals surface area contributed by atoms with E-state index in [1.165, 1.54) is 0 Å². The van der Waals surface area contributed by atoms with E-state index in [1.54, 1.807) is 7.11 Å². The maximum atomic E-state index is 5.42. The van der Waals surface area contributed by atoms with Gasteiger partial charge in [0.1, 0.15) is 0 Å². The lowest BCUT2D eigenvalue weighted by molar-refractivity contribution is 0.218. The van der Waals surface area contributed by atoms with Crippen molar-refractivity contribution in [2.24, 2.45) is 0 Å². The third-order valence-electron chi connectivity index (χ3n) is 0.902. The summed E-state index contributed by atoms with van der Waals surface area (Å²) in [5.41, 5.74) is 0. The monoisotopic (exact) mass is 180 g/mol. The summed E-state index contributed by atoms with van der Waals surface area (Å²) in [6, 6.07) is 0. The third kappa shape index (κ3) is 8.34. The fourth-order valence-corrected chi connectivity index (χ4v) is 1.27. The molecule has 10 heavy (non-hydrogen) atoms. The Kier molecular flexibility index (Phi) is 9.66. The van der Waals surface area contributed by atoms with Crippen molar-refractivity contribution in [3.63, 3.8) is 0 Å². The fourth-order valence-electron chi connectivity index (χ4n) is 0.425. The maximum absolute atomic E-state index is 5.42. The molecule has 3 heteroatoms. The molecule has 0 radical (unpaired) electrons.